The average Bonchev–Trinajstić information content (AvgIpc) is 2.46. The maximum absolute atomic E-state index is 13.6. The van der Waals surface area contributed by atoms with E-state index in [1.54, 1.807) is 30.3 Å². The zero-order valence-electron chi connectivity index (χ0n) is 10.8. The van der Waals surface area contributed by atoms with Crippen molar-refractivity contribution in [1.82, 2.24) is 10.2 Å². The van der Waals surface area contributed by atoms with E-state index in [2.05, 4.69) is 15.5 Å². The molecule has 19 heavy (non-hydrogen) atoms. The Hall–Kier alpha value is -2.01. The van der Waals surface area contributed by atoms with Crippen LogP contribution in [0.15, 0.2) is 36.4 Å². The molecule has 0 fully saturated rings. The monoisotopic (exact) mass is 260 g/mol. The minimum atomic E-state index is -0.297. The molecule has 0 bridgehead atoms. The van der Waals surface area contributed by atoms with Gasteiger partial charge < -0.3 is 11.1 Å². The lowest BCUT2D eigenvalue weighted by Crippen LogP contribution is -2.20. The van der Waals surface area contributed by atoms with Crippen LogP contribution < -0.4 is 11.1 Å². The van der Waals surface area contributed by atoms with Gasteiger partial charge >= 0.3 is 0 Å². The van der Waals surface area contributed by atoms with Gasteiger partial charge in [0, 0.05) is 12.1 Å². The van der Waals surface area contributed by atoms with E-state index in [9.17, 15) is 4.39 Å². The first-order chi connectivity index (χ1) is 9.20. The fourth-order valence-electron chi connectivity index (χ4n) is 1.60. The summed E-state index contributed by atoms with van der Waals surface area (Å²) < 4.78 is 13.6. The van der Waals surface area contributed by atoms with Gasteiger partial charge in [-0.15, -0.1) is 10.2 Å². The van der Waals surface area contributed by atoms with E-state index in [1.165, 1.54) is 6.07 Å². The van der Waals surface area contributed by atoms with Crippen LogP contribution in [0.4, 0.5) is 10.2 Å². The molecule has 0 aliphatic heterocycles. The Morgan fingerprint density at radius 1 is 1.21 bits per heavy atom. The summed E-state index contributed by atoms with van der Waals surface area (Å²) in [5.74, 6) is 0.739. The number of hydrogen-bond donors (Lipinski definition) is 2. The fourth-order valence-corrected chi connectivity index (χ4v) is 1.60. The second kappa shape index (κ2) is 6.24. The predicted octanol–water partition coefficient (Wildman–Crippen LogP) is 2.29. The lowest BCUT2D eigenvalue weighted by Gasteiger charge is -2.10. The molecular formula is C14H17FN4. The van der Waals surface area contributed by atoms with Gasteiger partial charge in [0.25, 0.3) is 0 Å². The zero-order chi connectivity index (χ0) is 13.7. The van der Waals surface area contributed by atoms with Crippen LogP contribution in [0.25, 0.3) is 11.3 Å². The van der Waals surface area contributed by atoms with Crippen LogP contribution in [0.3, 0.4) is 0 Å². The molecule has 2 rings (SSSR count). The molecule has 5 heteroatoms. The number of rotatable bonds is 5. The van der Waals surface area contributed by atoms with Crippen molar-refractivity contribution in [2.45, 2.75) is 6.92 Å². The fraction of sp³-hybridized carbons (Fsp3) is 0.286. The van der Waals surface area contributed by atoms with Gasteiger partial charge in [0.2, 0.25) is 0 Å². The Kier molecular flexibility index (Phi) is 4.41. The minimum Gasteiger partial charge on any atom is -0.368 e. The molecule has 4 nitrogen and oxygen atoms in total. The number of nitrogens with two attached hydrogens (primary N) is 1. The number of nitrogens with zero attached hydrogens (tertiary/aromatic N) is 2. The largest absolute Gasteiger partial charge is 0.368 e. The van der Waals surface area contributed by atoms with Crippen molar-refractivity contribution in [2.24, 2.45) is 11.7 Å². The molecule has 100 valence electrons. The highest BCUT2D eigenvalue weighted by atomic mass is 19.1. The van der Waals surface area contributed by atoms with Crippen LogP contribution in [-0.2, 0) is 0 Å². The van der Waals surface area contributed by atoms with E-state index >= 15 is 0 Å². The first-order valence-corrected chi connectivity index (χ1v) is 6.23. The van der Waals surface area contributed by atoms with Crippen LogP contribution >= 0.6 is 0 Å². The third-order valence-corrected chi connectivity index (χ3v) is 2.85. The van der Waals surface area contributed by atoms with Gasteiger partial charge in [-0.1, -0.05) is 19.1 Å². The lowest BCUT2D eigenvalue weighted by molar-refractivity contribution is 0.625. The Balaban J connectivity index is 2.09. The third-order valence-electron chi connectivity index (χ3n) is 2.85. The summed E-state index contributed by atoms with van der Waals surface area (Å²) >= 11 is 0. The zero-order valence-corrected chi connectivity index (χ0v) is 10.8. The van der Waals surface area contributed by atoms with E-state index in [0.717, 1.165) is 6.54 Å². The highest BCUT2D eigenvalue weighted by molar-refractivity contribution is 5.60. The Labute approximate surface area is 111 Å². The van der Waals surface area contributed by atoms with Crippen LogP contribution in [0, 0.1) is 11.7 Å². The molecule has 0 spiro atoms. The van der Waals surface area contributed by atoms with Gasteiger partial charge in [-0.2, -0.15) is 0 Å². The van der Waals surface area contributed by atoms with Gasteiger partial charge in [-0.3, -0.25) is 0 Å². The highest BCUT2D eigenvalue weighted by Gasteiger charge is 2.06. The summed E-state index contributed by atoms with van der Waals surface area (Å²) in [6.07, 6.45) is 0. The van der Waals surface area contributed by atoms with E-state index < -0.39 is 0 Å². The smallest absolute Gasteiger partial charge is 0.148 e. The topological polar surface area (TPSA) is 63.8 Å². The molecule has 1 aromatic carbocycles. The number of halogens is 1. The Morgan fingerprint density at radius 2 is 2.00 bits per heavy atom. The van der Waals surface area contributed by atoms with Crippen LogP contribution in [0.2, 0.25) is 0 Å². The summed E-state index contributed by atoms with van der Waals surface area (Å²) in [6.45, 7) is 3.41. The van der Waals surface area contributed by atoms with Crippen LogP contribution in [0.5, 0.6) is 0 Å². The molecule has 1 aromatic heterocycles. The summed E-state index contributed by atoms with van der Waals surface area (Å²) in [7, 11) is 0. The van der Waals surface area contributed by atoms with Crippen molar-refractivity contribution in [2.75, 3.05) is 18.4 Å². The van der Waals surface area contributed by atoms with Crippen molar-refractivity contribution in [3.63, 3.8) is 0 Å². The molecule has 1 heterocycles. The number of anilines is 1. The SMILES string of the molecule is CC(CN)CNc1ccc(-c2ccccc2F)nn1. The summed E-state index contributed by atoms with van der Waals surface area (Å²) in [5, 5.41) is 11.2. The van der Waals surface area contributed by atoms with Crippen molar-refractivity contribution in [1.29, 1.82) is 0 Å². The summed E-state index contributed by atoms with van der Waals surface area (Å²) in [6, 6.07) is 10.1. The maximum Gasteiger partial charge on any atom is 0.148 e. The molecule has 0 saturated heterocycles. The predicted molar refractivity (Wildman–Crippen MR) is 74.1 cm³/mol. The molecule has 0 aliphatic rings. The molecule has 3 N–H and O–H groups in total. The first-order valence-electron chi connectivity index (χ1n) is 6.23. The Morgan fingerprint density at radius 3 is 2.63 bits per heavy atom. The first kappa shape index (κ1) is 13.4. The molecule has 0 amide bonds. The molecule has 1 atom stereocenters. The van der Waals surface area contributed by atoms with Crippen molar-refractivity contribution in [3.05, 3.63) is 42.2 Å². The molecular weight excluding hydrogens is 243 g/mol. The molecule has 1 unspecified atom stereocenters. The quantitative estimate of drug-likeness (QED) is 0.865. The standard InChI is InChI=1S/C14H17FN4/c1-10(8-16)9-17-14-7-6-13(18-19-14)11-4-2-3-5-12(11)15/h2-7,10H,8-9,16H2,1H3,(H,17,19). The van der Waals surface area contributed by atoms with Gasteiger partial charge in [0.1, 0.15) is 11.6 Å². The van der Waals surface area contributed by atoms with Gasteiger partial charge in [0.15, 0.2) is 0 Å². The van der Waals surface area contributed by atoms with Crippen molar-refractivity contribution < 1.29 is 4.39 Å². The van der Waals surface area contributed by atoms with Crippen molar-refractivity contribution >= 4 is 5.82 Å². The van der Waals surface area contributed by atoms with E-state index in [4.69, 9.17) is 5.73 Å². The number of nitrogens with one attached hydrogen (secondary N) is 1. The van der Waals surface area contributed by atoms with Gasteiger partial charge in [0.05, 0.1) is 5.69 Å². The maximum atomic E-state index is 13.6. The highest BCUT2D eigenvalue weighted by Crippen LogP contribution is 2.20. The number of aromatic nitrogens is 2. The minimum absolute atomic E-state index is 0.297. The van der Waals surface area contributed by atoms with Crippen molar-refractivity contribution in [3.8, 4) is 11.3 Å². The average molecular weight is 260 g/mol. The van der Waals surface area contributed by atoms with Crippen LogP contribution in [0.1, 0.15) is 6.92 Å². The second-order valence-electron chi connectivity index (χ2n) is 4.51. The summed E-state index contributed by atoms with van der Waals surface area (Å²) in [4.78, 5) is 0. The van der Waals surface area contributed by atoms with E-state index in [-0.39, 0.29) is 5.82 Å². The van der Waals surface area contributed by atoms with Gasteiger partial charge in [-0.05, 0) is 36.7 Å². The van der Waals surface area contributed by atoms with E-state index in [0.29, 0.717) is 29.5 Å². The van der Waals surface area contributed by atoms with E-state index in [1.807, 2.05) is 6.92 Å². The molecule has 0 aliphatic carbocycles. The third kappa shape index (κ3) is 3.48. The number of hydrogen-bond acceptors (Lipinski definition) is 4. The number of benzene rings is 1. The Bertz CT molecular complexity index is 527. The molecule has 0 saturated carbocycles. The lowest BCUT2D eigenvalue weighted by atomic mass is 10.1. The second-order valence-corrected chi connectivity index (χ2v) is 4.51. The summed E-state index contributed by atoms with van der Waals surface area (Å²) in [5.41, 5.74) is 6.51. The molecule has 0 radical (unpaired) electrons. The van der Waals surface area contributed by atoms with Crippen LogP contribution in [-0.4, -0.2) is 23.3 Å². The normalized spacial score (nSPS) is 12.2. The molecule has 2 aromatic rings. The van der Waals surface area contributed by atoms with Gasteiger partial charge in [-0.25, -0.2) is 4.39 Å².